The molecule has 0 radical (unpaired) electrons. The molecule has 0 saturated carbocycles. The molecular weight excluding hydrogens is 468 g/mol. The smallest absolute Gasteiger partial charge is 0.434 e. The largest absolute Gasteiger partial charge is 0.508 e. The van der Waals surface area contributed by atoms with Gasteiger partial charge in [0.2, 0.25) is 0 Å². The lowest BCUT2D eigenvalue weighted by molar-refractivity contribution is 0.0529. The molecule has 0 heterocycles. The number of carbonyl (C=O) groups is 1. The lowest BCUT2D eigenvalue weighted by Crippen LogP contribution is -2.09. The van der Waals surface area contributed by atoms with Crippen molar-refractivity contribution in [3.8, 4) is 0 Å². The lowest BCUT2D eigenvalue weighted by atomic mass is 10.0. The van der Waals surface area contributed by atoms with Crippen molar-refractivity contribution in [3.63, 3.8) is 0 Å². The summed E-state index contributed by atoms with van der Waals surface area (Å²) < 4.78 is 10.4. The van der Waals surface area contributed by atoms with Gasteiger partial charge in [-0.1, -0.05) is 167 Å². The third kappa shape index (κ3) is 33.0. The van der Waals surface area contributed by atoms with E-state index >= 15 is 0 Å². The van der Waals surface area contributed by atoms with E-state index in [1.807, 2.05) is 0 Å². The first-order valence-corrected chi connectivity index (χ1v) is 17.3. The van der Waals surface area contributed by atoms with Gasteiger partial charge in [-0.25, -0.2) is 4.79 Å². The Morgan fingerprint density at radius 3 is 1.00 bits per heavy atom. The van der Waals surface area contributed by atoms with Crippen molar-refractivity contribution in [1.82, 2.24) is 0 Å². The highest BCUT2D eigenvalue weighted by molar-refractivity contribution is 5.59. The zero-order valence-corrected chi connectivity index (χ0v) is 26.1. The standard InChI is InChI=1S/C35H68O3/c1-3-5-7-9-11-13-15-17-19-20-22-24-26-28-30-32-34-38-35(36)37-33-31-29-27-25-23-21-18-16-14-12-10-8-6-4-2/h14,16H,3-13,15,17-34H2,1-2H3/b16-14-. The van der Waals surface area contributed by atoms with E-state index in [0.29, 0.717) is 13.2 Å². The van der Waals surface area contributed by atoms with Crippen LogP contribution in [0, 0.1) is 0 Å². The van der Waals surface area contributed by atoms with Crippen LogP contribution in [0.25, 0.3) is 0 Å². The first-order valence-electron chi connectivity index (χ1n) is 17.3. The van der Waals surface area contributed by atoms with E-state index in [1.165, 1.54) is 154 Å². The lowest BCUT2D eigenvalue weighted by Gasteiger charge is -2.06. The van der Waals surface area contributed by atoms with Crippen LogP contribution in [0.4, 0.5) is 4.79 Å². The molecule has 0 N–H and O–H groups in total. The minimum absolute atomic E-state index is 0.479. The van der Waals surface area contributed by atoms with Crippen molar-refractivity contribution in [1.29, 1.82) is 0 Å². The fourth-order valence-electron chi connectivity index (χ4n) is 5.00. The molecule has 226 valence electrons. The molecule has 0 aliphatic carbocycles. The van der Waals surface area contributed by atoms with Crippen LogP contribution in [0.3, 0.4) is 0 Å². The Hall–Kier alpha value is -0.990. The van der Waals surface area contributed by atoms with Crippen LogP contribution in [0.15, 0.2) is 12.2 Å². The van der Waals surface area contributed by atoms with Gasteiger partial charge in [0.1, 0.15) is 0 Å². The number of carbonyl (C=O) groups excluding carboxylic acids is 1. The van der Waals surface area contributed by atoms with E-state index in [2.05, 4.69) is 26.0 Å². The van der Waals surface area contributed by atoms with Gasteiger partial charge in [0.15, 0.2) is 0 Å². The molecule has 0 spiro atoms. The predicted octanol–water partition coefficient (Wildman–Crippen LogP) is 12.7. The van der Waals surface area contributed by atoms with Gasteiger partial charge in [0.25, 0.3) is 0 Å². The molecule has 3 heteroatoms. The average molecular weight is 537 g/mol. The summed E-state index contributed by atoms with van der Waals surface area (Å²) in [5.74, 6) is 0. The van der Waals surface area contributed by atoms with Crippen molar-refractivity contribution in [2.24, 2.45) is 0 Å². The van der Waals surface area contributed by atoms with Crippen molar-refractivity contribution in [2.75, 3.05) is 13.2 Å². The second-order valence-corrected chi connectivity index (χ2v) is 11.5. The fourth-order valence-corrected chi connectivity index (χ4v) is 5.00. The molecule has 0 aromatic carbocycles. The van der Waals surface area contributed by atoms with E-state index < -0.39 is 6.16 Å². The minimum Gasteiger partial charge on any atom is -0.434 e. The number of hydrogen-bond acceptors (Lipinski definition) is 3. The van der Waals surface area contributed by atoms with Crippen molar-refractivity contribution < 1.29 is 14.3 Å². The summed E-state index contributed by atoms with van der Waals surface area (Å²) in [6, 6.07) is 0. The van der Waals surface area contributed by atoms with Gasteiger partial charge < -0.3 is 9.47 Å². The monoisotopic (exact) mass is 537 g/mol. The van der Waals surface area contributed by atoms with Crippen molar-refractivity contribution in [3.05, 3.63) is 12.2 Å². The minimum atomic E-state index is -0.479. The Labute approximate surface area is 239 Å². The molecule has 0 unspecified atom stereocenters. The van der Waals surface area contributed by atoms with Gasteiger partial charge in [0.05, 0.1) is 13.2 Å². The quantitative estimate of drug-likeness (QED) is 0.0502. The zero-order chi connectivity index (χ0) is 27.6. The Bertz CT molecular complexity index is 474. The summed E-state index contributed by atoms with van der Waals surface area (Å²) in [4.78, 5) is 11.7. The zero-order valence-electron chi connectivity index (χ0n) is 26.1. The molecule has 0 aliphatic rings. The molecule has 38 heavy (non-hydrogen) atoms. The van der Waals surface area contributed by atoms with Gasteiger partial charge in [-0.05, 0) is 38.5 Å². The van der Waals surface area contributed by atoms with E-state index in [9.17, 15) is 4.79 Å². The summed E-state index contributed by atoms with van der Waals surface area (Å²) >= 11 is 0. The van der Waals surface area contributed by atoms with Crippen LogP contribution in [-0.2, 0) is 9.47 Å². The molecule has 0 saturated heterocycles. The van der Waals surface area contributed by atoms with Crippen LogP contribution in [0.2, 0.25) is 0 Å². The molecule has 0 amide bonds. The highest BCUT2D eigenvalue weighted by Crippen LogP contribution is 2.14. The molecule has 0 rings (SSSR count). The van der Waals surface area contributed by atoms with Crippen molar-refractivity contribution in [2.45, 2.75) is 194 Å². The third-order valence-electron chi connectivity index (χ3n) is 7.59. The van der Waals surface area contributed by atoms with E-state index in [4.69, 9.17) is 9.47 Å². The summed E-state index contributed by atoms with van der Waals surface area (Å²) in [6.07, 6.45) is 41.0. The van der Waals surface area contributed by atoms with Crippen LogP contribution in [0.1, 0.15) is 194 Å². The van der Waals surface area contributed by atoms with Gasteiger partial charge >= 0.3 is 6.16 Å². The Balaban J connectivity index is 3.17. The molecule has 0 aliphatic heterocycles. The van der Waals surface area contributed by atoms with Crippen LogP contribution >= 0.6 is 0 Å². The topological polar surface area (TPSA) is 35.5 Å². The number of ether oxygens (including phenoxy) is 2. The summed E-state index contributed by atoms with van der Waals surface area (Å²) in [5, 5.41) is 0. The van der Waals surface area contributed by atoms with Crippen molar-refractivity contribution >= 4 is 6.16 Å². The van der Waals surface area contributed by atoms with E-state index in [-0.39, 0.29) is 0 Å². The maximum absolute atomic E-state index is 11.7. The van der Waals surface area contributed by atoms with E-state index in [0.717, 1.165) is 25.7 Å². The van der Waals surface area contributed by atoms with Crippen LogP contribution < -0.4 is 0 Å². The van der Waals surface area contributed by atoms with Gasteiger partial charge in [-0.15, -0.1) is 0 Å². The molecule has 0 atom stereocenters. The molecular formula is C35H68O3. The fraction of sp³-hybridized carbons (Fsp3) is 0.914. The summed E-state index contributed by atoms with van der Waals surface area (Å²) in [6.45, 7) is 5.55. The molecule has 3 nitrogen and oxygen atoms in total. The van der Waals surface area contributed by atoms with Crippen LogP contribution in [-0.4, -0.2) is 19.4 Å². The normalized spacial score (nSPS) is 11.4. The number of hydrogen-bond donors (Lipinski definition) is 0. The maximum Gasteiger partial charge on any atom is 0.508 e. The summed E-state index contributed by atoms with van der Waals surface area (Å²) in [7, 11) is 0. The Morgan fingerprint density at radius 2 is 0.658 bits per heavy atom. The highest BCUT2D eigenvalue weighted by Gasteiger charge is 2.03. The number of allylic oxidation sites excluding steroid dienone is 2. The molecule has 0 aromatic heterocycles. The third-order valence-corrected chi connectivity index (χ3v) is 7.59. The second-order valence-electron chi connectivity index (χ2n) is 11.5. The Morgan fingerprint density at radius 1 is 0.395 bits per heavy atom. The first kappa shape index (κ1) is 37.0. The maximum atomic E-state index is 11.7. The van der Waals surface area contributed by atoms with Gasteiger partial charge in [-0.3, -0.25) is 0 Å². The molecule has 0 fully saturated rings. The SMILES string of the molecule is CCCCCC/C=C\CCCCCCCCOC(=O)OCCCCCCCCCCCCCCCCCC. The van der Waals surface area contributed by atoms with E-state index in [1.54, 1.807) is 0 Å². The van der Waals surface area contributed by atoms with Gasteiger partial charge in [-0.2, -0.15) is 0 Å². The number of rotatable bonds is 31. The van der Waals surface area contributed by atoms with Crippen LogP contribution in [0.5, 0.6) is 0 Å². The summed E-state index contributed by atoms with van der Waals surface area (Å²) in [5.41, 5.74) is 0. The number of unbranched alkanes of at least 4 members (excludes halogenated alkanes) is 25. The average Bonchev–Trinajstić information content (AvgIpc) is 2.92. The molecule has 0 aromatic rings. The predicted molar refractivity (Wildman–Crippen MR) is 167 cm³/mol. The second kappa shape index (κ2) is 34.0. The van der Waals surface area contributed by atoms with Gasteiger partial charge in [0, 0.05) is 0 Å². The first-order chi connectivity index (χ1) is 18.8. The Kier molecular flexibility index (Phi) is 33.2. The molecule has 0 bridgehead atoms. The highest BCUT2D eigenvalue weighted by atomic mass is 16.7.